The molecule has 0 bridgehead atoms. The van der Waals surface area contributed by atoms with Crippen molar-refractivity contribution in [2.24, 2.45) is 0 Å². The zero-order valence-corrected chi connectivity index (χ0v) is 26.5. The molecule has 3 aliphatic rings. The Morgan fingerprint density at radius 2 is 1.87 bits per heavy atom. The highest BCUT2D eigenvalue weighted by molar-refractivity contribution is 5.93. The van der Waals surface area contributed by atoms with Gasteiger partial charge in [0.1, 0.15) is 30.2 Å². The number of aliphatic hydroxyl groups excluding tert-OH is 1. The molecule has 3 fully saturated rings. The van der Waals surface area contributed by atoms with Crippen LogP contribution >= 0.6 is 0 Å². The van der Waals surface area contributed by atoms with Crippen LogP contribution in [-0.2, 0) is 16.1 Å². The minimum Gasteiger partial charge on any atom is -0.489 e. The van der Waals surface area contributed by atoms with E-state index in [1.165, 1.54) is 6.08 Å². The van der Waals surface area contributed by atoms with E-state index in [0.717, 1.165) is 87.0 Å². The predicted molar refractivity (Wildman–Crippen MR) is 178 cm³/mol. The van der Waals surface area contributed by atoms with Crippen LogP contribution in [0.3, 0.4) is 0 Å². The number of ether oxygens (including phenoxy) is 2. The summed E-state index contributed by atoms with van der Waals surface area (Å²) in [5, 5.41) is 20.0. The zero-order valence-electron chi connectivity index (χ0n) is 26.5. The SMILES string of the molecule is C=C(/C=C(F)\C(=C/C)c1nc2cc(C(=O)O)ccc2n1C1CCCCC1)OCc1cc(N2CCCC2O)ccc1N1CCOCC1. The van der Waals surface area contributed by atoms with Gasteiger partial charge in [-0.15, -0.1) is 0 Å². The van der Waals surface area contributed by atoms with E-state index in [-0.39, 0.29) is 24.0 Å². The average Bonchev–Trinajstić information content (AvgIpc) is 3.67. The number of imidazole rings is 1. The summed E-state index contributed by atoms with van der Waals surface area (Å²) >= 11 is 0. The first-order valence-corrected chi connectivity index (χ1v) is 16.4. The number of allylic oxidation sites excluding steroid dienone is 4. The molecule has 2 aliphatic heterocycles. The van der Waals surface area contributed by atoms with Gasteiger partial charge in [0.25, 0.3) is 0 Å². The van der Waals surface area contributed by atoms with Gasteiger partial charge in [0.2, 0.25) is 0 Å². The predicted octanol–water partition coefficient (Wildman–Crippen LogP) is 6.98. The van der Waals surface area contributed by atoms with Gasteiger partial charge in [0, 0.05) is 54.3 Å². The molecule has 2 saturated heterocycles. The second kappa shape index (κ2) is 14.1. The molecule has 1 unspecified atom stereocenters. The fraction of sp³-hybridized carbons (Fsp3) is 0.444. The zero-order chi connectivity index (χ0) is 32.2. The molecule has 0 spiro atoms. The molecule has 9 nitrogen and oxygen atoms in total. The standard InChI is InChI=1S/C36H43FN4O5/c1-3-29(35-38-31-22-25(36(43)44)11-13-33(31)41(35)27-8-5-4-6-9-27)30(37)20-24(2)46-23-26-21-28(40-15-7-10-34(40)42)12-14-32(26)39-16-18-45-19-17-39/h3,11-14,20-22,27,34,42H,2,4-10,15-19,23H2,1H3,(H,43,44)/b29-3+,30-20+. The number of rotatable bonds is 10. The monoisotopic (exact) mass is 630 g/mol. The smallest absolute Gasteiger partial charge is 0.335 e. The molecule has 244 valence electrons. The fourth-order valence-corrected chi connectivity index (χ4v) is 6.96. The minimum absolute atomic E-state index is 0.145. The van der Waals surface area contributed by atoms with Crippen LogP contribution in [0, 0.1) is 0 Å². The van der Waals surface area contributed by atoms with E-state index in [2.05, 4.69) is 22.1 Å². The number of benzene rings is 2. The van der Waals surface area contributed by atoms with Crippen molar-refractivity contribution in [2.45, 2.75) is 70.7 Å². The number of aliphatic hydroxyl groups is 1. The largest absolute Gasteiger partial charge is 0.489 e. The Hall–Kier alpha value is -4.15. The highest BCUT2D eigenvalue weighted by Crippen LogP contribution is 2.37. The second-order valence-electron chi connectivity index (χ2n) is 12.3. The lowest BCUT2D eigenvalue weighted by Crippen LogP contribution is -2.37. The summed E-state index contributed by atoms with van der Waals surface area (Å²) in [6.07, 6.45) is 9.38. The molecular weight excluding hydrogens is 587 g/mol. The minimum atomic E-state index is -1.03. The maximum atomic E-state index is 16.1. The molecule has 3 aromatic rings. The lowest BCUT2D eigenvalue weighted by Gasteiger charge is -2.32. The Balaban J connectivity index is 1.26. The third-order valence-electron chi connectivity index (χ3n) is 9.33. The first-order chi connectivity index (χ1) is 22.3. The van der Waals surface area contributed by atoms with Crippen molar-refractivity contribution in [3.05, 3.63) is 83.7 Å². The van der Waals surface area contributed by atoms with Crippen LogP contribution < -0.4 is 9.80 Å². The number of aromatic carboxylic acids is 1. The van der Waals surface area contributed by atoms with Crippen LogP contribution in [0.5, 0.6) is 0 Å². The number of hydrogen-bond acceptors (Lipinski definition) is 7. The van der Waals surface area contributed by atoms with E-state index >= 15 is 4.39 Å². The van der Waals surface area contributed by atoms with Crippen molar-refractivity contribution in [3.63, 3.8) is 0 Å². The number of halogens is 1. The summed E-state index contributed by atoms with van der Waals surface area (Å²) in [6, 6.07) is 11.2. The van der Waals surface area contributed by atoms with Crippen LogP contribution in [0.4, 0.5) is 15.8 Å². The maximum absolute atomic E-state index is 16.1. The molecule has 2 aromatic carbocycles. The summed E-state index contributed by atoms with van der Waals surface area (Å²) in [4.78, 5) is 20.7. The van der Waals surface area contributed by atoms with Crippen molar-refractivity contribution in [3.8, 4) is 0 Å². The summed E-state index contributed by atoms with van der Waals surface area (Å²) in [7, 11) is 0. The number of aromatic nitrogens is 2. The Morgan fingerprint density at radius 1 is 1.09 bits per heavy atom. The van der Waals surface area contributed by atoms with Gasteiger partial charge < -0.3 is 34.1 Å². The summed E-state index contributed by atoms with van der Waals surface area (Å²) in [5.74, 6) is -0.911. The topological polar surface area (TPSA) is 100 Å². The van der Waals surface area contributed by atoms with E-state index in [4.69, 9.17) is 14.5 Å². The van der Waals surface area contributed by atoms with Gasteiger partial charge in [-0.3, -0.25) is 0 Å². The van der Waals surface area contributed by atoms with Crippen molar-refractivity contribution in [1.82, 2.24) is 9.55 Å². The molecule has 2 N–H and O–H groups in total. The lowest BCUT2D eigenvalue weighted by atomic mass is 9.94. The fourth-order valence-electron chi connectivity index (χ4n) is 6.96. The van der Waals surface area contributed by atoms with Crippen LogP contribution in [-0.4, -0.2) is 64.8 Å². The number of nitrogens with zero attached hydrogens (tertiary/aromatic N) is 4. The number of morpholine rings is 1. The lowest BCUT2D eigenvalue weighted by molar-refractivity contribution is 0.0697. The van der Waals surface area contributed by atoms with E-state index in [1.807, 2.05) is 17.0 Å². The van der Waals surface area contributed by atoms with Crippen molar-refractivity contribution >= 4 is 34.0 Å². The average molecular weight is 631 g/mol. The van der Waals surface area contributed by atoms with E-state index < -0.39 is 18.0 Å². The Labute approximate surface area is 269 Å². The maximum Gasteiger partial charge on any atom is 0.335 e. The summed E-state index contributed by atoms with van der Waals surface area (Å²) in [5.41, 5.74) is 4.65. The number of carboxylic acids is 1. The molecule has 1 aliphatic carbocycles. The second-order valence-corrected chi connectivity index (χ2v) is 12.3. The van der Waals surface area contributed by atoms with Gasteiger partial charge in [0.05, 0.1) is 29.8 Å². The quantitative estimate of drug-likeness (QED) is 0.183. The van der Waals surface area contributed by atoms with Crippen LogP contribution in [0.2, 0.25) is 0 Å². The molecule has 1 atom stereocenters. The van der Waals surface area contributed by atoms with Gasteiger partial charge in [-0.05, 0) is 69.0 Å². The van der Waals surface area contributed by atoms with Crippen molar-refractivity contribution < 1.29 is 28.9 Å². The van der Waals surface area contributed by atoms with Gasteiger partial charge >= 0.3 is 5.97 Å². The molecular formula is C36H43FN4O5. The van der Waals surface area contributed by atoms with Crippen molar-refractivity contribution in [1.29, 1.82) is 0 Å². The number of anilines is 2. The number of hydrogen-bond donors (Lipinski definition) is 2. The highest BCUT2D eigenvalue weighted by Gasteiger charge is 2.26. The number of carboxylic acid groups (broad SMARTS) is 1. The number of fused-ring (bicyclic) bond motifs is 1. The van der Waals surface area contributed by atoms with Crippen LogP contribution in [0.25, 0.3) is 16.6 Å². The molecule has 1 saturated carbocycles. The van der Waals surface area contributed by atoms with E-state index in [1.54, 1.807) is 31.2 Å². The molecule has 0 amide bonds. The third kappa shape index (κ3) is 6.69. The van der Waals surface area contributed by atoms with Gasteiger partial charge in [-0.2, -0.15) is 0 Å². The summed E-state index contributed by atoms with van der Waals surface area (Å²) in [6.45, 7) is 9.55. The van der Waals surface area contributed by atoms with E-state index in [9.17, 15) is 15.0 Å². The first kappa shape index (κ1) is 31.8. The van der Waals surface area contributed by atoms with Crippen LogP contribution in [0.1, 0.15) is 79.7 Å². The first-order valence-electron chi connectivity index (χ1n) is 16.4. The normalized spacial score (nSPS) is 20.0. The molecule has 10 heteroatoms. The Bertz CT molecular complexity index is 1650. The van der Waals surface area contributed by atoms with Crippen LogP contribution in [0.15, 0.2) is 66.7 Å². The van der Waals surface area contributed by atoms with Gasteiger partial charge in [0.15, 0.2) is 0 Å². The highest BCUT2D eigenvalue weighted by atomic mass is 19.1. The Kier molecular flexibility index (Phi) is 9.75. The third-order valence-corrected chi connectivity index (χ3v) is 9.33. The molecule has 1 aromatic heterocycles. The van der Waals surface area contributed by atoms with E-state index in [0.29, 0.717) is 30.1 Å². The molecule has 6 rings (SSSR count). The van der Waals surface area contributed by atoms with Crippen molar-refractivity contribution in [2.75, 3.05) is 42.6 Å². The molecule has 0 radical (unpaired) electrons. The summed E-state index contributed by atoms with van der Waals surface area (Å²) < 4.78 is 29.9. The Morgan fingerprint density at radius 3 is 2.57 bits per heavy atom. The molecule has 46 heavy (non-hydrogen) atoms. The number of carbonyl (C=O) groups is 1. The van der Waals surface area contributed by atoms with Gasteiger partial charge in [-0.25, -0.2) is 14.2 Å². The van der Waals surface area contributed by atoms with Gasteiger partial charge in [-0.1, -0.05) is 31.9 Å². The molecule has 3 heterocycles.